The van der Waals surface area contributed by atoms with Gasteiger partial charge in [0.2, 0.25) is 5.84 Å². The van der Waals surface area contributed by atoms with Crippen LogP contribution < -0.4 is 0 Å². The van der Waals surface area contributed by atoms with E-state index in [-0.39, 0.29) is 4.90 Å². The Kier molecular flexibility index (Phi) is 8.37. The SMILES string of the molecule is C=CC(=N[C@@]1(C)C(N(C(=O)OC(C)(C)C)C(=O)OC(C)(C)C)N1C(=NCC)C(F)(F)F)C(F)(F)F. The fourth-order valence-electron chi connectivity index (χ4n) is 2.98. The van der Waals surface area contributed by atoms with Crippen molar-refractivity contribution in [3.05, 3.63) is 12.7 Å². The first-order valence-electron chi connectivity index (χ1n) is 10.4. The van der Waals surface area contributed by atoms with Gasteiger partial charge in [0, 0.05) is 6.54 Å². The second kappa shape index (κ2) is 9.69. The highest BCUT2D eigenvalue weighted by atomic mass is 19.4. The molecule has 0 aromatic rings. The van der Waals surface area contributed by atoms with Gasteiger partial charge in [0.1, 0.15) is 16.9 Å². The highest BCUT2D eigenvalue weighted by Crippen LogP contribution is 2.49. The van der Waals surface area contributed by atoms with Gasteiger partial charge in [0.05, 0.1) is 0 Å². The summed E-state index contributed by atoms with van der Waals surface area (Å²) in [6.07, 6.45) is -14.8. The first-order valence-corrected chi connectivity index (χ1v) is 10.4. The minimum atomic E-state index is -5.15. The molecule has 0 aromatic heterocycles. The quantitative estimate of drug-likeness (QED) is 0.208. The lowest BCUT2D eigenvalue weighted by Gasteiger charge is -2.28. The van der Waals surface area contributed by atoms with E-state index in [0.717, 1.165) is 6.92 Å². The van der Waals surface area contributed by atoms with Crippen molar-refractivity contribution >= 4 is 23.7 Å². The third-order valence-electron chi connectivity index (χ3n) is 4.20. The molecular weight excluding hydrogens is 486 g/mol. The standard InChI is InChI=1S/C21H30F6N4O4/c1-10-12(20(22,23)24)29-19(9)14(31(19)13(28-11-2)21(25,26)27)30(15(32)34-17(3,4)5)16(33)35-18(6,7)8/h10,14H,1,11H2,2-9H3/t14?,19-,31?/m1/s1. The Balaban J connectivity index is 3.83. The predicted octanol–water partition coefficient (Wildman–Crippen LogP) is 5.69. The zero-order chi connectivity index (χ0) is 27.8. The third-order valence-corrected chi connectivity index (χ3v) is 4.20. The number of ether oxygens (including phenoxy) is 2. The minimum Gasteiger partial charge on any atom is -0.443 e. The molecule has 0 aliphatic carbocycles. The molecule has 1 rings (SSSR count). The van der Waals surface area contributed by atoms with E-state index in [9.17, 15) is 35.9 Å². The Bertz CT molecular complexity index is 871. The number of aliphatic imine (C=N–C) groups is 2. The van der Waals surface area contributed by atoms with Gasteiger partial charge in [-0.2, -0.15) is 31.2 Å². The second-order valence-electron chi connectivity index (χ2n) is 9.66. The smallest absolute Gasteiger partial charge is 0.443 e. The number of alkyl halides is 6. The summed E-state index contributed by atoms with van der Waals surface area (Å²) < 4.78 is 92.1. The van der Waals surface area contributed by atoms with Crippen molar-refractivity contribution in [2.24, 2.45) is 9.98 Å². The van der Waals surface area contributed by atoms with Gasteiger partial charge in [-0.3, -0.25) is 9.89 Å². The molecule has 8 nitrogen and oxygen atoms in total. The van der Waals surface area contributed by atoms with Crippen LogP contribution in [0.25, 0.3) is 0 Å². The van der Waals surface area contributed by atoms with Gasteiger partial charge >= 0.3 is 24.5 Å². The Morgan fingerprint density at radius 1 is 0.971 bits per heavy atom. The molecule has 0 aromatic carbocycles. The van der Waals surface area contributed by atoms with E-state index in [1.807, 2.05) is 0 Å². The van der Waals surface area contributed by atoms with Gasteiger partial charge in [0.15, 0.2) is 11.8 Å². The van der Waals surface area contributed by atoms with Gasteiger partial charge in [0.25, 0.3) is 0 Å². The highest BCUT2D eigenvalue weighted by Gasteiger charge is 2.71. The van der Waals surface area contributed by atoms with Crippen LogP contribution in [0.2, 0.25) is 0 Å². The van der Waals surface area contributed by atoms with Crippen LogP contribution in [0.3, 0.4) is 0 Å². The van der Waals surface area contributed by atoms with E-state index in [0.29, 0.717) is 11.0 Å². The van der Waals surface area contributed by atoms with Crippen molar-refractivity contribution in [1.29, 1.82) is 0 Å². The van der Waals surface area contributed by atoms with Gasteiger partial charge in [-0.05, 0) is 61.5 Å². The highest BCUT2D eigenvalue weighted by molar-refractivity contribution is 6.01. The van der Waals surface area contributed by atoms with E-state index < -0.39 is 65.7 Å². The molecule has 2 atom stereocenters. The summed E-state index contributed by atoms with van der Waals surface area (Å²) in [5.41, 5.74) is -6.45. The molecule has 200 valence electrons. The van der Waals surface area contributed by atoms with Gasteiger partial charge < -0.3 is 9.47 Å². The molecule has 1 aliphatic rings. The normalized spacial score (nSPS) is 22.0. The number of allylic oxidation sites excluding steroid dienone is 1. The molecular formula is C21H30F6N4O4. The van der Waals surface area contributed by atoms with Crippen molar-refractivity contribution in [1.82, 2.24) is 9.80 Å². The van der Waals surface area contributed by atoms with Crippen LogP contribution in [-0.4, -0.2) is 75.5 Å². The average molecular weight is 516 g/mol. The first kappa shape index (κ1) is 30.2. The van der Waals surface area contributed by atoms with Gasteiger partial charge in [-0.1, -0.05) is 6.58 Å². The van der Waals surface area contributed by atoms with Crippen LogP contribution >= 0.6 is 0 Å². The number of carbonyl (C=O) groups excluding carboxylic acids is 2. The first-order chi connectivity index (χ1) is 15.5. The molecule has 0 spiro atoms. The molecule has 2 amide bonds. The molecule has 0 saturated carbocycles. The number of halogens is 6. The molecule has 0 N–H and O–H groups in total. The Hall–Kier alpha value is -2.80. The number of carbonyl (C=O) groups is 2. The van der Waals surface area contributed by atoms with Gasteiger partial charge in [-0.15, -0.1) is 0 Å². The number of nitrogens with zero attached hydrogens (tertiary/aromatic N) is 4. The maximum atomic E-state index is 13.9. The van der Waals surface area contributed by atoms with Crippen LogP contribution in [0.5, 0.6) is 0 Å². The van der Waals surface area contributed by atoms with Crippen LogP contribution in [0.4, 0.5) is 35.9 Å². The van der Waals surface area contributed by atoms with Crippen molar-refractivity contribution in [2.75, 3.05) is 6.54 Å². The van der Waals surface area contributed by atoms with Crippen molar-refractivity contribution in [2.45, 2.75) is 90.8 Å². The molecule has 1 fully saturated rings. The van der Waals surface area contributed by atoms with E-state index in [4.69, 9.17) is 9.47 Å². The maximum absolute atomic E-state index is 13.9. The van der Waals surface area contributed by atoms with Crippen molar-refractivity contribution < 1.29 is 45.4 Å². The number of hydrogen-bond donors (Lipinski definition) is 0. The summed E-state index contributed by atoms with van der Waals surface area (Å²) in [5.74, 6) is -1.63. The summed E-state index contributed by atoms with van der Waals surface area (Å²) in [6, 6.07) is 0. The average Bonchev–Trinajstić information content (AvgIpc) is 3.16. The summed E-state index contributed by atoms with van der Waals surface area (Å²) in [4.78, 5) is 33.1. The Morgan fingerprint density at radius 2 is 1.40 bits per heavy atom. The van der Waals surface area contributed by atoms with E-state index in [1.165, 1.54) is 48.5 Å². The van der Waals surface area contributed by atoms with E-state index in [2.05, 4.69) is 16.6 Å². The largest absolute Gasteiger partial charge is 0.449 e. The zero-order valence-corrected chi connectivity index (χ0v) is 20.8. The number of imide groups is 1. The predicted molar refractivity (Wildman–Crippen MR) is 116 cm³/mol. The minimum absolute atomic E-state index is 0.175. The molecule has 1 aliphatic heterocycles. The fraction of sp³-hybridized carbons (Fsp3) is 0.714. The lowest BCUT2D eigenvalue weighted by Crippen LogP contribution is -2.48. The summed E-state index contributed by atoms with van der Waals surface area (Å²) in [7, 11) is 0. The Morgan fingerprint density at radius 3 is 1.69 bits per heavy atom. The van der Waals surface area contributed by atoms with Crippen LogP contribution in [0.15, 0.2) is 22.6 Å². The molecule has 1 heterocycles. The third kappa shape index (κ3) is 7.59. The molecule has 1 saturated heterocycles. The van der Waals surface area contributed by atoms with Crippen LogP contribution in [0, 0.1) is 0 Å². The van der Waals surface area contributed by atoms with Crippen LogP contribution in [0.1, 0.15) is 55.4 Å². The number of amidine groups is 1. The van der Waals surface area contributed by atoms with E-state index >= 15 is 0 Å². The lowest BCUT2D eigenvalue weighted by molar-refractivity contribution is -0.0672. The summed E-state index contributed by atoms with van der Waals surface area (Å²) >= 11 is 0. The molecule has 35 heavy (non-hydrogen) atoms. The zero-order valence-electron chi connectivity index (χ0n) is 20.8. The fourth-order valence-corrected chi connectivity index (χ4v) is 2.98. The number of rotatable bonds is 4. The molecule has 14 heteroatoms. The van der Waals surface area contributed by atoms with E-state index in [1.54, 1.807) is 0 Å². The van der Waals surface area contributed by atoms with Crippen molar-refractivity contribution in [3.8, 4) is 0 Å². The number of hydrogen-bond acceptors (Lipinski definition) is 6. The van der Waals surface area contributed by atoms with Crippen molar-refractivity contribution in [3.63, 3.8) is 0 Å². The summed E-state index contributed by atoms with van der Waals surface area (Å²) in [6.45, 7) is 13.4. The second-order valence-corrected chi connectivity index (χ2v) is 9.66. The summed E-state index contributed by atoms with van der Waals surface area (Å²) in [5, 5.41) is 0. The van der Waals surface area contributed by atoms with Crippen LogP contribution in [-0.2, 0) is 9.47 Å². The molecule has 1 unspecified atom stereocenters. The maximum Gasteiger partial charge on any atom is 0.449 e. The number of amides is 2. The molecule has 0 bridgehead atoms. The Labute approximate surface area is 199 Å². The monoisotopic (exact) mass is 516 g/mol. The molecule has 0 radical (unpaired) electrons. The lowest BCUT2D eigenvalue weighted by atomic mass is 10.2. The van der Waals surface area contributed by atoms with Gasteiger partial charge in [-0.25, -0.2) is 14.6 Å². The topological polar surface area (TPSA) is 83.6 Å².